The van der Waals surface area contributed by atoms with Gasteiger partial charge in [-0.3, -0.25) is 0 Å². The van der Waals surface area contributed by atoms with Crippen molar-refractivity contribution in [2.45, 2.75) is 25.7 Å². The average Bonchev–Trinajstić information content (AvgIpc) is 3.13. The molecule has 3 heteroatoms. The summed E-state index contributed by atoms with van der Waals surface area (Å²) in [5.41, 5.74) is 1.13. The lowest BCUT2D eigenvalue weighted by Crippen LogP contribution is -1.95. The molecule has 1 aromatic carbocycles. The van der Waals surface area contributed by atoms with Crippen molar-refractivity contribution in [3.8, 4) is 5.75 Å². The molecule has 0 amide bonds. The minimum Gasteiger partial charge on any atom is -0.493 e. The Morgan fingerprint density at radius 1 is 1.35 bits per heavy atom. The summed E-state index contributed by atoms with van der Waals surface area (Å²) in [6.45, 7) is 2.65. The number of nitrogens with zero attached hydrogens (tertiary/aromatic N) is 1. The molecule has 1 saturated carbocycles. The molecule has 0 aliphatic heterocycles. The molecule has 0 N–H and O–H groups in total. The molecule has 2 aromatic rings. The quantitative estimate of drug-likeness (QED) is 0.760. The second-order valence-electron chi connectivity index (χ2n) is 4.39. The van der Waals surface area contributed by atoms with Crippen molar-refractivity contribution in [3.05, 3.63) is 35.1 Å². The largest absolute Gasteiger partial charge is 0.493 e. The minimum absolute atomic E-state index is 0.562. The van der Waals surface area contributed by atoms with Crippen LogP contribution in [0.5, 0.6) is 5.75 Å². The van der Waals surface area contributed by atoms with E-state index in [9.17, 15) is 0 Å². The fraction of sp³-hybridized carbons (Fsp3) is 0.357. The summed E-state index contributed by atoms with van der Waals surface area (Å²) in [5, 5.41) is 2.82. The van der Waals surface area contributed by atoms with Gasteiger partial charge in [0, 0.05) is 16.7 Å². The first-order valence-electron chi connectivity index (χ1n) is 6.01. The molecule has 3 rings (SSSR count). The Morgan fingerprint density at radius 2 is 2.18 bits per heavy atom. The van der Waals surface area contributed by atoms with Gasteiger partial charge in [-0.15, -0.1) is 0 Å². The van der Waals surface area contributed by atoms with Crippen LogP contribution in [0.2, 0.25) is 5.15 Å². The molecular weight excluding hydrogens is 234 g/mol. The van der Waals surface area contributed by atoms with Crippen molar-refractivity contribution >= 4 is 22.4 Å². The highest BCUT2D eigenvalue weighted by Gasteiger charge is 2.27. The van der Waals surface area contributed by atoms with Gasteiger partial charge in [0.1, 0.15) is 10.9 Å². The van der Waals surface area contributed by atoms with Crippen molar-refractivity contribution < 1.29 is 4.74 Å². The summed E-state index contributed by atoms with van der Waals surface area (Å²) in [6.07, 6.45) is 2.45. The molecule has 0 saturated heterocycles. The van der Waals surface area contributed by atoms with Crippen LogP contribution in [0.25, 0.3) is 10.8 Å². The van der Waals surface area contributed by atoms with Gasteiger partial charge in [-0.2, -0.15) is 0 Å². The zero-order valence-electron chi connectivity index (χ0n) is 9.74. The second-order valence-corrected chi connectivity index (χ2v) is 4.78. The van der Waals surface area contributed by atoms with Crippen LogP contribution < -0.4 is 4.74 Å². The number of rotatable bonds is 3. The molecule has 1 aliphatic carbocycles. The van der Waals surface area contributed by atoms with Crippen molar-refractivity contribution in [1.29, 1.82) is 0 Å². The van der Waals surface area contributed by atoms with Crippen molar-refractivity contribution in [2.75, 3.05) is 6.61 Å². The molecule has 1 aliphatic rings. The molecule has 1 aromatic heterocycles. The SMILES string of the molecule is CCOc1cccc2c(C3CC3)nc(Cl)cc12. The molecule has 2 nitrogen and oxygen atoms in total. The molecule has 1 fully saturated rings. The van der Waals surface area contributed by atoms with E-state index >= 15 is 0 Å². The maximum absolute atomic E-state index is 6.10. The summed E-state index contributed by atoms with van der Waals surface area (Å²) in [7, 11) is 0. The molecule has 0 bridgehead atoms. The van der Waals surface area contributed by atoms with Crippen LogP contribution in [0.3, 0.4) is 0 Å². The van der Waals surface area contributed by atoms with Crippen LogP contribution in [-0.4, -0.2) is 11.6 Å². The van der Waals surface area contributed by atoms with Gasteiger partial charge in [0.25, 0.3) is 0 Å². The van der Waals surface area contributed by atoms with E-state index in [-0.39, 0.29) is 0 Å². The van der Waals surface area contributed by atoms with E-state index in [0.29, 0.717) is 17.7 Å². The van der Waals surface area contributed by atoms with E-state index in [1.807, 2.05) is 25.1 Å². The monoisotopic (exact) mass is 247 g/mol. The Bertz CT molecular complexity index is 563. The number of benzene rings is 1. The molecular formula is C14H14ClNO. The predicted octanol–water partition coefficient (Wildman–Crippen LogP) is 4.16. The first-order chi connectivity index (χ1) is 8.29. The van der Waals surface area contributed by atoms with Crippen LogP contribution in [0.15, 0.2) is 24.3 Å². The van der Waals surface area contributed by atoms with Crippen molar-refractivity contribution in [1.82, 2.24) is 4.98 Å². The highest BCUT2D eigenvalue weighted by molar-refractivity contribution is 6.30. The number of hydrogen-bond donors (Lipinski definition) is 0. The summed E-state index contributed by atoms with van der Waals surface area (Å²) in [6, 6.07) is 8.01. The number of ether oxygens (including phenoxy) is 1. The number of halogens is 1. The number of hydrogen-bond acceptors (Lipinski definition) is 2. The van der Waals surface area contributed by atoms with Gasteiger partial charge < -0.3 is 4.74 Å². The topological polar surface area (TPSA) is 22.1 Å². The molecule has 1 heterocycles. The third-order valence-corrected chi connectivity index (χ3v) is 3.29. The van der Waals surface area contributed by atoms with E-state index in [1.165, 1.54) is 18.2 Å². The maximum Gasteiger partial charge on any atom is 0.130 e. The maximum atomic E-state index is 6.10. The summed E-state index contributed by atoms with van der Waals surface area (Å²) >= 11 is 6.10. The Morgan fingerprint density at radius 3 is 2.88 bits per heavy atom. The predicted molar refractivity (Wildman–Crippen MR) is 69.9 cm³/mol. The summed E-state index contributed by atoms with van der Waals surface area (Å²) in [4.78, 5) is 4.47. The number of pyridine rings is 1. The van der Waals surface area contributed by atoms with Crippen LogP contribution in [0.4, 0.5) is 0 Å². The van der Waals surface area contributed by atoms with E-state index < -0.39 is 0 Å². The van der Waals surface area contributed by atoms with Gasteiger partial charge >= 0.3 is 0 Å². The first-order valence-corrected chi connectivity index (χ1v) is 6.39. The van der Waals surface area contributed by atoms with Crippen LogP contribution in [0.1, 0.15) is 31.4 Å². The molecule has 0 atom stereocenters. The van der Waals surface area contributed by atoms with Crippen LogP contribution >= 0.6 is 11.6 Å². The zero-order chi connectivity index (χ0) is 11.8. The molecule has 0 unspecified atom stereocenters. The average molecular weight is 248 g/mol. The zero-order valence-corrected chi connectivity index (χ0v) is 10.5. The number of fused-ring (bicyclic) bond motifs is 1. The third-order valence-electron chi connectivity index (χ3n) is 3.10. The Kier molecular flexibility index (Phi) is 2.67. The van der Waals surface area contributed by atoms with Crippen molar-refractivity contribution in [3.63, 3.8) is 0 Å². The van der Waals surface area contributed by atoms with E-state index in [1.54, 1.807) is 0 Å². The van der Waals surface area contributed by atoms with Gasteiger partial charge in [-0.1, -0.05) is 23.7 Å². The summed E-state index contributed by atoms with van der Waals surface area (Å²) in [5.74, 6) is 1.49. The fourth-order valence-corrected chi connectivity index (χ4v) is 2.39. The van der Waals surface area contributed by atoms with Crippen LogP contribution in [0, 0.1) is 0 Å². The highest BCUT2D eigenvalue weighted by atomic mass is 35.5. The first kappa shape index (κ1) is 10.8. The van der Waals surface area contributed by atoms with Gasteiger partial charge in [0.15, 0.2) is 0 Å². The minimum atomic E-state index is 0.562. The normalized spacial score (nSPS) is 15.2. The van der Waals surface area contributed by atoms with E-state index in [4.69, 9.17) is 16.3 Å². The fourth-order valence-electron chi connectivity index (χ4n) is 2.19. The van der Waals surface area contributed by atoms with Crippen molar-refractivity contribution in [2.24, 2.45) is 0 Å². The molecule has 88 valence electrons. The second kappa shape index (κ2) is 4.19. The lowest BCUT2D eigenvalue weighted by molar-refractivity contribution is 0.344. The third kappa shape index (κ3) is 1.98. The molecule has 0 spiro atoms. The lowest BCUT2D eigenvalue weighted by Gasteiger charge is -2.10. The Labute approximate surface area is 106 Å². The Balaban J connectivity index is 2.25. The van der Waals surface area contributed by atoms with E-state index in [2.05, 4.69) is 11.1 Å². The van der Waals surface area contributed by atoms with Crippen LogP contribution in [-0.2, 0) is 0 Å². The Hall–Kier alpha value is -1.28. The molecule has 17 heavy (non-hydrogen) atoms. The standard InChI is InChI=1S/C14H14ClNO/c1-2-17-12-5-3-4-10-11(12)8-13(15)16-14(10)9-6-7-9/h3-5,8-9H,2,6-7H2,1H3. The van der Waals surface area contributed by atoms with Gasteiger partial charge in [0.2, 0.25) is 0 Å². The van der Waals surface area contributed by atoms with Gasteiger partial charge in [-0.05, 0) is 31.9 Å². The highest BCUT2D eigenvalue weighted by Crippen LogP contribution is 2.43. The smallest absolute Gasteiger partial charge is 0.130 e. The van der Waals surface area contributed by atoms with Gasteiger partial charge in [-0.25, -0.2) is 4.98 Å². The summed E-state index contributed by atoms with van der Waals surface area (Å²) < 4.78 is 5.64. The lowest BCUT2D eigenvalue weighted by atomic mass is 10.1. The van der Waals surface area contributed by atoms with Gasteiger partial charge in [0.05, 0.1) is 12.3 Å². The number of aromatic nitrogens is 1. The molecule has 0 radical (unpaired) electrons. The van der Waals surface area contributed by atoms with E-state index in [0.717, 1.165) is 16.8 Å².